The molecule has 1 atom stereocenters. The smallest absolute Gasteiger partial charge is 0.325 e. The molecule has 2 aromatic carbocycles. The highest BCUT2D eigenvalue weighted by atomic mass is 79.9. The van der Waals surface area contributed by atoms with Gasteiger partial charge in [0, 0.05) is 10.7 Å². The number of phenols is 1. The Bertz CT molecular complexity index is 1080. The minimum atomic E-state index is -0.401. The first-order chi connectivity index (χ1) is 13.0. The van der Waals surface area contributed by atoms with Crippen LogP contribution in [0, 0.1) is 0 Å². The molecule has 0 bridgehead atoms. The molecule has 0 spiro atoms. The molecule has 0 saturated heterocycles. The van der Waals surface area contributed by atoms with Crippen LogP contribution < -0.4 is 15.6 Å². The third-order valence-electron chi connectivity index (χ3n) is 4.22. The fourth-order valence-electron chi connectivity index (χ4n) is 3.06. The van der Waals surface area contributed by atoms with Crippen molar-refractivity contribution in [3.8, 4) is 17.0 Å². The quantitative estimate of drug-likeness (QED) is 0.366. The summed E-state index contributed by atoms with van der Waals surface area (Å²) in [6.07, 6.45) is -0.401. The van der Waals surface area contributed by atoms with Crippen LogP contribution in [-0.2, 0) is 0 Å². The van der Waals surface area contributed by atoms with Gasteiger partial charge < -0.3 is 10.4 Å². The van der Waals surface area contributed by atoms with Crippen LogP contribution in [0.15, 0.2) is 55.3 Å². The average Bonchev–Trinajstić information content (AvgIpc) is 2.65. The summed E-state index contributed by atoms with van der Waals surface area (Å²) in [7, 11) is 0. The van der Waals surface area contributed by atoms with Crippen molar-refractivity contribution in [2.75, 3.05) is 11.1 Å². The molecule has 1 aromatic heterocycles. The molecule has 0 unspecified atom stereocenters. The van der Waals surface area contributed by atoms with Crippen LogP contribution in [0.25, 0.3) is 11.3 Å². The van der Waals surface area contributed by atoms with E-state index in [1.807, 2.05) is 43.3 Å². The molecule has 0 radical (unpaired) electrons. The van der Waals surface area contributed by atoms with Gasteiger partial charge in [0.15, 0.2) is 0 Å². The first-order valence-corrected chi connectivity index (χ1v) is 10.8. The molecule has 138 valence electrons. The van der Waals surface area contributed by atoms with Crippen LogP contribution in [-0.4, -0.2) is 20.9 Å². The number of aromatic nitrogens is 3. The number of benzene rings is 2. The number of thioether (sulfide) groups is 1. The van der Waals surface area contributed by atoms with E-state index < -0.39 is 6.17 Å². The highest BCUT2D eigenvalue weighted by Gasteiger charge is 2.38. The molecule has 3 aromatic rings. The highest BCUT2D eigenvalue weighted by Crippen LogP contribution is 2.37. The lowest BCUT2D eigenvalue weighted by atomic mass is 10.0. The molecule has 2 heterocycles. The summed E-state index contributed by atoms with van der Waals surface area (Å²) in [4.78, 5) is 15.7. The maximum atomic E-state index is 12.9. The van der Waals surface area contributed by atoms with Gasteiger partial charge in [-0.25, -0.2) is 0 Å². The lowest BCUT2D eigenvalue weighted by Gasteiger charge is -2.22. The average molecular weight is 511 g/mol. The number of halogens is 2. The number of hydrogen-bond donors (Lipinski definition) is 3. The Hall–Kier alpha value is -1.84. The number of aromatic hydroxyl groups is 1. The monoisotopic (exact) mass is 509 g/mol. The van der Waals surface area contributed by atoms with Crippen LogP contribution in [0.3, 0.4) is 0 Å². The van der Waals surface area contributed by atoms with Gasteiger partial charge in [0.25, 0.3) is 6.17 Å². The minimum Gasteiger partial charge on any atom is -0.506 e. The fourth-order valence-corrected chi connectivity index (χ4v) is 4.86. The number of aromatic amines is 1. The number of phenolic OH excluding ortho intramolecular Hbond substituents is 1. The van der Waals surface area contributed by atoms with Crippen LogP contribution in [0.5, 0.6) is 5.75 Å². The van der Waals surface area contributed by atoms with E-state index in [1.54, 1.807) is 4.68 Å². The Morgan fingerprint density at radius 3 is 2.67 bits per heavy atom. The standard InChI is InChI=1S/C18H14Br2N4O2S/c1-2-27-18-22-17(26)14-10-5-3-4-6-13(10)21-16(24(14)23-18)9-7-11(19)15(25)12(20)8-9/h3-8,16H,2H2,1H3,(H2,22,23,25,26)/p+1/t16-/m0/s1. The van der Waals surface area contributed by atoms with Crippen molar-refractivity contribution in [2.24, 2.45) is 0 Å². The molecule has 0 aliphatic carbocycles. The molecule has 4 rings (SSSR count). The van der Waals surface area contributed by atoms with E-state index in [0.29, 0.717) is 19.8 Å². The summed E-state index contributed by atoms with van der Waals surface area (Å²) in [5, 5.41) is 18.7. The number of anilines is 1. The van der Waals surface area contributed by atoms with Gasteiger partial charge >= 0.3 is 11.3 Å². The molecule has 9 heteroatoms. The number of rotatable bonds is 3. The summed E-state index contributed by atoms with van der Waals surface area (Å²) in [5.74, 6) is 0.925. The Kier molecular flexibility index (Phi) is 5.00. The summed E-state index contributed by atoms with van der Waals surface area (Å²) >= 11 is 8.23. The van der Waals surface area contributed by atoms with Gasteiger partial charge in [0.2, 0.25) is 5.16 Å². The first kappa shape index (κ1) is 18.5. The third kappa shape index (κ3) is 3.28. The van der Waals surface area contributed by atoms with Gasteiger partial charge in [0.1, 0.15) is 5.75 Å². The molecule has 3 N–H and O–H groups in total. The molecular weight excluding hydrogens is 496 g/mol. The van der Waals surface area contributed by atoms with Gasteiger partial charge in [-0.2, -0.15) is 0 Å². The van der Waals surface area contributed by atoms with Crippen LogP contribution in [0.4, 0.5) is 5.69 Å². The highest BCUT2D eigenvalue weighted by molar-refractivity contribution is 9.11. The van der Waals surface area contributed by atoms with E-state index in [0.717, 1.165) is 22.6 Å². The fraction of sp³-hybridized carbons (Fsp3) is 0.167. The number of nitrogens with one attached hydrogen (secondary N) is 2. The van der Waals surface area contributed by atoms with Crippen LogP contribution in [0.2, 0.25) is 0 Å². The minimum absolute atomic E-state index is 0.126. The van der Waals surface area contributed by atoms with E-state index in [9.17, 15) is 9.90 Å². The first-order valence-electron chi connectivity index (χ1n) is 8.22. The van der Waals surface area contributed by atoms with Gasteiger partial charge in [0.05, 0.1) is 20.2 Å². The van der Waals surface area contributed by atoms with Gasteiger partial charge in [-0.1, -0.05) is 30.8 Å². The number of H-pyrrole nitrogens is 1. The number of nitrogens with zero attached hydrogens (tertiary/aromatic N) is 2. The molecule has 6 nitrogen and oxygen atoms in total. The van der Waals surface area contributed by atoms with E-state index in [4.69, 9.17) is 0 Å². The zero-order chi connectivity index (χ0) is 19.1. The molecule has 1 aliphatic heterocycles. The SMILES string of the molecule is CCSc1n[n+]2c(c(=O)[nH]1)-c1ccccc1N[C@@H]2c1cc(Br)c(O)c(Br)c1. The van der Waals surface area contributed by atoms with Crippen LogP contribution >= 0.6 is 43.6 Å². The van der Waals surface area contributed by atoms with Crippen LogP contribution in [0.1, 0.15) is 18.7 Å². The summed E-state index contributed by atoms with van der Waals surface area (Å²) in [5.41, 5.74) is 2.81. The van der Waals surface area contributed by atoms with Crippen molar-refractivity contribution in [1.29, 1.82) is 0 Å². The number of fused-ring (bicyclic) bond motifs is 3. The predicted octanol–water partition coefficient (Wildman–Crippen LogP) is 4.04. The Morgan fingerprint density at radius 2 is 1.96 bits per heavy atom. The molecule has 27 heavy (non-hydrogen) atoms. The van der Waals surface area contributed by atoms with E-state index >= 15 is 0 Å². The normalized spacial score (nSPS) is 15.0. The maximum absolute atomic E-state index is 12.9. The van der Waals surface area contributed by atoms with Crippen molar-refractivity contribution in [3.63, 3.8) is 0 Å². The summed E-state index contributed by atoms with van der Waals surface area (Å²) < 4.78 is 2.83. The molecule has 0 saturated carbocycles. The van der Waals surface area contributed by atoms with E-state index in [1.165, 1.54) is 11.8 Å². The third-order valence-corrected chi connectivity index (χ3v) is 6.17. The maximum Gasteiger partial charge on any atom is 0.325 e. The second-order valence-corrected chi connectivity index (χ2v) is 8.87. The van der Waals surface area contributed by atoms with Crippen molar-refractivity contribution in [1.82, 2.24) is 10.1 Å². The van der Waals surface area contributed by atoms with Crippen molar-refractivity contribution >= 4 is 49.3 Å². The zero-order valence-corrected chi connectivity index (χ0v) is 18.2. The molecule has 0 fully saturated rings. The predicted molar refractivity (Wildman–Crippen MR) is 112 cm³/mol. The molecular formula is C18H15Br2N4O2S+. The zero-order valence-electron chi connectivity index (χ0n) is 14.2. The van der Waals surface area contributed by atoms with Crippen molar-refractivity contribution in [2.45, 2.75) is 18.2 Å². The second kappa shape index (κ2) is 7.29. The lowest BCUT2D eigenvalue weighted by Crippen LogP contribution is -2.55. The largest absolute Gasteiger partial charge is 0.506 e. The Balaban J connectivity index is 1.97. The van der Waals surface area contributed by atoms with Crippen molar-refractivity contribution in [3.05, 3.63) is 61.3 Å². The summed E-state index contributed by atoms with van der Waals surface area (Å²) in [6.45, 7) is 2.01. The van der Waals surface area contributed by atoms with Gasteiger partial charge in [-0.05, 0) is 66.6 Å². The Morgan fingerprint density at radius 1 is 1.26 bits per heavy atom. The van der Waals surface area contributed by atoms with Gasteiger partial charge in [-0.3, -0.25) is 9.78 Å². The molecule has 0 amide bonds. The topological polar surface area (TPSA) is 81.9 Å². The van der Waals surface area contributed by atoms with E-state index in [-0.39, 0.29) is 11.3 Å². The molecule has 1 aliphatic rings. The Labute approximate surface area is 176 Å². The number of hydrogen-bond acceptors (Lipinski definition) is 5. The second-order valence-electron chi connectivity index (χ2n) is 5.91. The number of para-hydroxylation sites is 1. The van der Waals surface area contributed by atoms with E-state index in [2.05, 4.69) is 47.3 Å². The lowest BCUT2D eigenvalue weighted by molar-refractivity contribution is -0.759. The van der Waals surface area contributed by atoms with Gasteiger partial charge in [-0.15, -0.1) is 0 Å². The summed E-state index contributed by atoms with van der Waals surface area (Å²) in [6, 6.07) is 11.3. The van der Waals surface area contributed by atoms with Crippen molar-refractivity contribution < 1.29 is 9.79 Å².